The van der Waals surface area contributed by atoms with Gasteiger partial charge in [0.25, 0.3) is 0 Å². The first kappa shape index (κ1) is 15.4. The van der Waals surface area contributed by atoms with Crippen molar-refractivity contribution in [1.29, 1.82) is 0 Å². The van der Waals surface area contributed by atoms with Crippen LogP contribution in [0.15, 0.2) is 24.4 Å². The third kappa shape index (κ3) is 3.00. The van der Waals surface area contributed by atoms with Gasteiger partial charge in [0, 0.05) is 28.4 Å². The van der Waals surface area contributed by atoms with Crippen molar-refractivity contribution >= 4 is 34.8 Å². The van der Waals surface area contributed by atoms with Crippen molar-refractivity contribution in [2.75, 3.05) is 0 Å². The molecule has 0 aliphatic rings. The second kappa shape index (κ2) is 5.39. The van der Waals surface area contributed by atoms with Crippen LogP contribution >= 0.6 is 34.8 Å². The van der Waals surface area contributed by atoms with Crippen LogP contribution in [0, 0.1) is 5.95 Å². The molecule has 0 atom stereocenters. The highest BCUT2D eigenvalue weighted by Crippen LogP contribution is 2.42. The number of rotatable bonds is 1. The Morgan fingerprint density at radius 3 is 2.20 bits per heavy atom. The van der Waals surface area contributed by atoms with Gasteiger partial charge in [0.2, 0.25) is 5.95 Å². The molecule has 0 saturated heterocycles. The normalized spacial score (nSPS) is 11.8. The van der Waals surface area contributed by atoms with E-state index in [0.717, 1.165) is 0 Å². The van der Waals surface area contributed by atoms with Crippen LogP contribution in [0.2, 0.25) is 15.1 Å². The number of aromatic nitrogens is 1. The van der Waals surface area contributed by atoms with Crippen LogP contribution in [0.5, 0.6) is 0 Å². The van der Waals surface area contributed by atoms with E-state index in [4.69, 9.17) is 34.8 Å². The SMILES string of the molecule is Fc1cc(-c2cc(Cl)cc(Cl)c2Cl)c(C(F)(F)F)cn1. The summed E-state index contributed by atoms with van der Waals surface area (Å²) in [6.45, 7) is 0. The molecule has 0 aliphatic heterocycles. The Morgan fingerprint density at radius 1 is 0.950 bits per heavy atom. The second-order valence-electron chi connectivity index (χ2n) is 3.80. The summed E-state index contributed by atoms with van der Waals surface area (Å²) in [5.74, 6) is -1.07. The fourth-order valence-corrected chi connectivity index (χ4v) is 2.33. The maximum absolute atomic E-state index is 13.2. The van der Waals surface area contributed by atoms with Gasteiger partial charge < -0.3 is 0 Å². The second-order valence-corrected chi connectivity index (χ2v) is 5.02. The van der Waals surface area contributed by atoms with E-state index < -0.39 is 23.3 Å². The summed E-state index contributed by atoms with van der Waals surface area (Å²) in [6, 6.07) is 3.09. The molecule has 1 aromatic heterocycles. The Kier molecular flexibility index (Phi) is 4.14. The fourth-order valence-electron chi connectivity index (χ4n) is 1.63. The molecule has 106 valence electrons. The predicted molar refractivity (Wildman–Crippen MR) is 69.7 cm³/mol. The van der Waals surface area contributed by atoms with E-state index in [9.17, 15) is 17.6 Å². The van der Waals surface area contributed by atoms with Crippen LogP contribution in [0.25, 0.3) is 11.1 Å². The molecule has 0 radical (unpaired) electrons. The smallest absolute Gasteiger partial charge is 0.228 e. The molecule has 0 saturated carbocycles. The molecule has 0 fully saturated rings. The zero-order valence-corrected chi connectivity index (χ0v) is 11.7. The van der Waals surface area contributed by atoms with Crippen molar-refractivity contribution in [1.82, 2.24) is 4.98 Å². The average Bonchev–Trinajstić information content (AvgIpc) is 2.32. The highest BCUT2D eigenvalue weighted by Gasteiger charge is 2.35. The monoisotopic (exact) mass is 343 g/mol. The van der Waals surface area contributed by atoms with Gasteiger partial charge in [-0.1, -0.05) is 34.8 Å². The molecule has 2 rings (SSSR count). The Labute approximate surface area is 126 Å². The minimum absolute atomic E-state index is 0.0282. The van der Waals surface area contributed by atoms with Crippen molar-refractivity contribution in [3.8, 4) is 11.1 Å². The largest absolute Gasteiger partial charge is 0.418 e. The molecule has 2 aromatic rings. The maximum atomic E-state index is 13.2. The molecule has 1 heterocycles. The molecule has 0 amide bonds. The summed E-state index contributed by atoms with van der Waals surface area (Å²) in [4.78, 5) is 3.01. The van der Waals surface area contributed by atoms with E-state index in [1.165, 1.54) is 12.1 Å². The first-order valence-electron chi connectivity index (χ1n) is 5.08. The van der Waals surface area contributed by atoms with Crippen molar-refractivity contribution in [2.24, 2.45) is 0 Å². The van der Waals surface area contributed by atoms with E-state index >= 15 is 0 Å². The fraction of sp³-hybridized carbons (Fsp3) is 0.0833. The van der Waals surface area contributed by atoms with Gasteiger partial charge in [0.1, 0.15) is 0 Å². The minimum Gasteiger partial charge on any atom is -0.228 e. The number of benzene rings is 1. The first-order valence-corrected chi connectivity index (χ1v) is 6.21. The van der Waals surface area contributed by atoms with Crippen LogP contribution < -0.4 is 0 Å². The third-order valence-electron chi connectivity index (χ3n) is 2.46. The molecule has 0 unspecified atom stereocenters. The number of nitrogens with zero attached hydrogens (tertiary/aromatic N) is 1. The van der Waals surface area contributed by atoms with Crippen LogP contribution in [0.1, 0.15) is 5.56 Å². The van der Waals surface area contributed by atoms with Gasteiger partial charge in [0.15, 0.2) is 0 Å². The molecule has 8 heteroatoms. The number of hydrogen-bond donors (Lipinski definition) is 0. The summed E-state index contributed by atoms with van der Waals surface area (Å²) in [5, 5.41) is -0.0913. The standard InChI is InChI=1S/C12H4Cl3F4N/c13-5-1-7(11(15)9(14)2-5)6-3-10(16)20-4-8(6)12(17,18)19/h1-4H. The molecule has 0 spiro atoms. The number of pyridine rings is 1. The molecule has 1 aromatic carbocycles. The van der Waals surface area contributed by atoms with Crippen LogP contribution in [-0.2, 0) is 6.18 Å². The van der Waals surface area contributed by atoms with E-state index in [0.29, 0.717) is 12.3 Å². The molecule has 20 heavy (non-hydrogen) atoms. The van der Waals surface area contributed by atoms with Crippen molar-refractivity contribution < 1.29 is 17.6 Å². The van der Waals surface area contributed by atoms with Gasteiger partial charge >= 0.3 is 6.18 Å². The Bertz CT molecular complexity index is 670. The quantitative estimate of drug-likeness (QED) is 0.358. The van der Waals surface area contributed by atoms with Crippen LogP contribution in [-0.4, -0.2) is 4.98 Å². The average molecular weight is 345 g/mol. The third-order valence-corrected chi connectivity index (χ3v) is 3.48. The topological polar surface area (TPSA) is 12.9 Å². The summed E-state index contributed by atoms with van der Waals surface area (Å²) >= 11 is 17.4. The van der Waals surface area contributed by atoms with E-state index in [1.54, 1.807) is 0 Å². The van der Waals surface area contributed by atoms with Gasteiger partial charge in [-0.15, -0.1) is 0 Å². The maximum Gasteiger partial charge on any atom is 0.418 e. The molecule has 0 bridgehead atoms. The Morgan fingerprint density at radius 2 is 1.60 bits per heavy atom. The lowest BCUT2D eigenvalue weighted by Crippen LogP contribution is -2.08. The van der Waals surface area contributed by atoms with Gasteiger partial charge in [-0.2, -0.15) is 17.6 Å². The van der Waals surface area contributed by atoms with Crippen LogP contribution in [0.4, 0.5) is 17.6 Å². The summed E-state index contributed by atoms with van der Waals surface area (Å²) in [5.41, 5.74) is -1.71. The lowest BCUT2D eigenvalue weighted by Gasteiger charge is -2.14. The van der Waals surface area contributed by atoms with Crippen LogP contribution in [0.3, 0.4) is 0 Å². The van der Waals surface area contributed by atoms with Gasteiger partial charge in [0.05, 0.1) is 15.6 Å². The van der Waals surface area contributed by atoms with E-state index in [1.807, 2.05) is 0 Å². The van der Waals surface area contributed by atoms with Gasteiger partial charge in [-0.25, -0.2) is 4.98 Å². The van der Waals surface area contributed by atoms with Crippen molar-refractivity contribution in [2.45, 2.75) is 6.18 Å². The van der Waals surface area contributed by atoms with E-state index in [-0.39, 0.29) is 20.6 Å². The summed E-state index contributed by atoms with van der Waals surface area (Å²) in [7, 11) is 0. The number of hydrogen-bond acceptors (Lipinski definition) is 1. The lowest BCUT2D eigenvalue weighted by atomic mass is 10.0. The molecule has 0 N–H and O–H groups in total. The number of halogens is 7. The highest BCUT2D eigenvalue weighted by molar-refractivity contribution is 6.45. The molecule has 0 aliphatic carbocycles. The van der Waals surface area contributed by atoms with E-state index in [2.05, 4.69) is 4.98 Å². The van der Waals surface area contributed by atoms with Crippen molar-refractivity contribution in [3.63, 3.8) is 0 Å². The van der Waals surface area contributed by atoms with Crippen molar-refractivity contribution in [3.05, 3.63) is 51.0 Å². The first-order chi connectivity index (χ1) is 9.20. The highest BCUT2D eigenvalue weighted by atomic mass is 35.5. The molecule has 1 nitrogen and oxygen atoms in total. The zero-order chi connectivity index (χ0) is 15.1. The number of alkyl halides is 3. The van der Waals surface area contributed by atoms with Gasteiger partial charge in [-0.3, -0.25) is 0 Å². The molecular weight excluding hydrogens is 340 g/mol. The lowest BCUT2D eigenvalue weighted by molar-refractivity contribution is -0.137. The summed E-state index contributed by atoms with van der Waals surface area (Å²) in [6.07, 6.45) is -4.32. The Balaban J connectivity index is 2.79. The summed E-state index contributed by atoms with van der Waals surface area (Å²) < 4.78 is 51.9. The predicted octanol–water partition coefficient (Wildman–Crippen LogP) is 5.87. The Hall–Kier alpha value is -1.04. The van der Waals surface area contributed by atoms with Gasteiger partial charge in [-0.05, 0) is 12.1 Å². The molecular formula is C12H4Cl3F4N. The minimum atomic E-state index is -4.71. The zero-order valence-electron chi connectivity index (χ0n) is 9.40.